The van der Waals surface area contributed by atoms with E-state index in [1.54, 1.807) is 24.0 Å². The maximum atomic E-state index is 12.0. The van der Waals surface area contributed by atoms with Crippen molar-refractivity contribution in [3.63, 3.8) is 0 Å². The molecule has 0 aliphatic carbocycles. The molecule has 0 unspecified atom stereocenters. The Hall–Kier alpha value is -1.48. The average Bonchev–Trinajstić information content (AvgIpc) is 3.34. The molecule has 1 aromatic heterocycles. The quantitative estimate of drug-likeness (QED) is 0.141. The van der Waals surface area contributed by atoms with Crippen molar-refractivity contribution >= 4 is 5.91 Å². The summed E-state index contributed by atoms with van der Waals surface area (Å²) < 4.78 is 23.8. The minimum atomic E-state index is -0.0373. The maximum Gasteiger partial charge on any atom is 0.269 e. The standard InChI is InChI=1S/C29H55N3O5/c1-3-4-5-15-20-34-22-24-36-26-27-37-25-23-35-21-16-13-11-9-7-6-8-10-12-14-18-30-29(33)28-17-19-31-32(28)2/h17,19H,3-16,18,20-27H2,1-2H3,(H,30,33). The highest BCUT2D eigenvalue weighted by atomic mass is 16.6. The Balaban J connectivity index is 1.67. The first-order valence-corrected chi connectivity index (χ1v) is 14.8. The van der Waals surface area contributed by atoms with E-state index in [9.17, 15) is 4.79 Å². The van der Waals surface area contributed by atoms with Crippen LogP contribution in [0.25, 0.3) is 0 Å². The highest BCUT2D eigenvalue weighted by molar-refractivity contribution is 5.92. The molecule has 0 radical (unpaired) electrons. The molecule has 8 nitrogen and oxygen atoms in total. The Morgan fingerprint density at radius 3 is 1.57 bits per heavy atom. The van der Waals surface area contributed by atoms with E-state index in [0.29, 0.717) is 45.3 Å². The molecule has 0 saturated carbocycles. The number of carbonyl (C=O) groups is 1. The van der Waals surface area contributed by atoms with E-state index < -0.39 is 0 Å². The maximum absolute atomic E-state index is 12.0. The molecule has 1 amide bonds. The van der Waals surface area contributed by atoms with Crippen molar-refractivity contribution in [3.05, 3.63) is 18.0 Å². The molecule has 0 bridgehead atoms. The number of amides is 1. The minimum absolute atomic E-state index is 0.0373. The first-order valence-electron chi connectivity index (χ1n) is 14.8. The van der Waals surface area contributed by atoms with E-state index in [1.165, 1.54) is 70.6 Å². The van der Waals surface area contributed by atoms with E-state index in [-0.39, 0.29) is 5.91 Å². The van der Waals surface area contributed by atoms with Gasteiger partial charge in [0.15, 0.2) is 0 Å². The SMILES string of the molecule is CCCCCCOCCOCCOCCOCCCCCCCCCCCCNC(=O)c1ccnn1C. The number of ether oxygens (including phenoxy) is 4. The number of aryl methyl sites for hydroxylation is 1. The van der Waals surface area contributed by atoms with Crippen molar-refractivity contribution in [2.75, 3.05) is 59.4 Å². The summed E-state index contributed by atoms with van der Waals surface area (Å²) in [6, 6.07) is 1.74. The molecule has 1 aromatic rings. The van der Waals surface area contributed by atoms with E-state index in [0.717, 1.165) is 39.0 Å². The van der Waals surface area contributed by atoms with Crippen LogP contribution in [-0.2, 0) is 26.0 Å². The Bertz CT molecular complexity index is 626. The third-order valence-corrected chi connectivity index (χ3v) is 6.31. The lowest BCUT2D eigenvalue weighted by Crippen LogP contribution is -2.26. The smallest absolute Gasteiger partial charge is 0.269 e. The number of hydrogen-bond donors (Lipinski definition) is 1. The second-order valence-electron chi connectivity index (χ2n) is 9.64. The molecule has 0 aliphatic rings. The molecule has 0 aromatic carbocycles. The molecule has 1 heterocycles. The van der Waals surface area contributed by atoms with Crippen molar-refractivity contribution in [2.24, 2.45) is 7.05 Å². The van der Waals surface area contributed by atoms with Gasteiger partial charge in [0.05, 0.1) is 39.6 Å². The fourth-order valence-electron chi connectivity index (χ4n) is 4.03. The summed E-state index contributed by atoms with van der Waals surface area (Å²) in [5.41, 5.74) is 0.613. The summed E-state index contributed by atoms with van der Waals surface area (Å²) in [4.78, 5) is 12.0. The molecule has 1 rings (SSSR count). The van der Waals surface area contributed by atoms with Crippen LogP contribution in [0.4, 0.5) is 0 Å². The van der Waals surface area contributed by atoms with Crippen LogP contribution in [0.3, 0.4) is 0 Å². The van der Waals surface area contributed by atoms with E-state index in [1.807, 2.05) is 0 Å². The van der Waals surface area contributed by atoms with Gasteiger partial charge in [-0.25, -0.2) is 0 Å². The van der Waals surface area contributed by atoms with Gasteiger partial charge in [0.25, 0.3) is 5.91 Å². The second kappa shape index (κ2) is 26.1. The van der Waals surface area contributed by atoms with Gasteiger partial charge in [0, 0.05) is 33.0 Å². The summed E-state index contributed by atoms with van der Waals surface area (Å²) in [5, 5.41) is 6.99. The van der Waals surface area contributed by atoms with Gasteiger partial charge in [0.1, 0.15) is 5.69 Å². The van der Waals surface area contributed by atoms with Crippen LogP contribution in [0.5, 0.6) is 0 Å². The Kier molecular flexibility index (Phi) is 23.7. The largest absolute Gasteiger partial charge is 0.379 e. The highest BCUT2D eigenvalue weighted by Crippen LogP contribution is 2.10. The topological polar surface area (TPSA) is 83.8 Å². The molecular weight excluding hydrogens is 470 g/mol. The van der Waals surface area contributed by atoms with Gasteiger partial charge in [-0.3, -0.25) is 9.48 Å². The Morgan fingerprint density at radius 2 is 1.11 bits per heavy atom. The molecule has 0 spiro atoms. The third-order valence-electron chi connectivity index (χ3n) is 6.31. The number of carbonyl (C=O) groups excluding carboxylic acids is 1. The Labute approximate surface area is 226 Å². The summed E-state index contributed by atoms with van der Waals surface area (Å²) in [7, 11) is 1.79. The van der Waals surface area contributed by atoms with Crippen LogP contribution < -0.4 is 5.32 Å². The molecule has 216 valence electrons. The summed E-state index contributed by atoms with van der Waals surface area (Å²) >= 11 is 0. The molecule has 37 heavy (non-hydrogen) atoms. The fourth-order valence-corrected chi connectivity index (χ4v) is 4.03. The van der Waals surface area contributed by atoms with Gasteiger partial charge in [-0.15, -0.1) is 0 Å². The van der Waals surface area contributed by atoms with Crippen LogP contribution in [-0.4, -0.2) is 75.1 Å². The molecule has 8 heteroatoms. The van der Waals surface area contributed by atoms with E-state index in [2.05, 4.69) is 17.3 Å². The van der Waals surface area contributed by atoms with Gasteiger partial charge in [-0.05, 0) is 25.3 Å². The van der Waals surface area contributed by atoms with Crippen LogP contribution in [0.1, 0.15) is 107 Å². The van der Waals surface area contributed by atoms with Crippen molar-refractivity contribution in [3.8, 4) is 0 Å². The lowest BCUT2D eigenvalue weighted by Gasteiger charge is -2.07. The zero-order valence-corrected chi connectivity index (χ0v) is 23.9. The number of rotatable bonds is 28. The number of aromatic nitrogens is 2. The van der Waals surface area contributed by atoms with Gasteiger partial charge in [0.2, 0.25) is 0 Å². The van der Waals surface area contributed by atoms with Gasteiger partial charge >= 0.3 is 0 Å². The minimum Gasteiger partial charge on any atom is -0.379 e. The third kappa shape index (κ3) is 21.2. The molecule has 0 atom stereocenters. The van der Waals surface area contributed by atoms with Crippen molar-refractivity contribution in [2.45, 2.75) is 96.8 Å². The van der Waals surface area contributed by atoms with Crippen molar-refractivity contribution in [1.29, 1.82) is 0 Å². The lowest BCUT2D eigenvalue weighted by atomic mass is 10.1. The van der Waals surface area contributed by atoms with Crippen LogP contribution in [0.15, 0.2) is 12.3 Å². The van der Waals surface area contributed by atoms with Gasteiger partial charge < -0.3 is 24.3 Å². The predicted molar refractivity (Wildman–Crippen MR) is 149 cm³/mol. The second-order valence-corrected chi connectivity index (χ2v) is 9.64. The Morgan fingerprint density at radius 1 is 0.676 bits per heavy atom. The first-order chi connectivity index (χ1) is 18.3. The number of unbranched alkanes of at least 4 members (excludes halogenated alkanes) is 12. The molecular formula is C29H55N3O5. The lowest BCUT2D eigenvalue weighted by molar-refractivity contribution is -0.00248. The van der Waals surface area contributed by atoms with Crippen LogP contribution in [0.2, 0.25) is 0 Å². The summed E-state index contributed by atoms with van der Waals surface area (Å²) in [5.74, 6) is -0.0373. The monoisotopic (exact) mass is 525 g/mol. The average molecular weight is 526 g/mol. The van der Waals surface area contributed by atoms with E-state index in [4.69, 9.17) is 18.9 Å². The number of hydrogen-bond acceptors (Lipinski definition) is 6. The summed E-state index contributed by atoms with van der Waals surface area (Å²) in [6.45, 7) is 8.46. The first kappa shape index (κ1) is 33.5. The van der Waals surface area contributed by atoms with Gasteiger partial charge in [-0.2, -0.15) is 5.10 Å². The number of nitrogens with zero attached hydrogens (tertiary/aromatic N) is 2. The fraction of sp³-hybridized carbons (Fsp3) is 0.862. The summed E-state index contributed by atoms with van der Waals surface area (Å²) in [6.07, 6.45) is 19.0. The predicted octanol–water partition coefficient (Wildman–Crippen LogP) is 5.70. The molecule has 0 fully saturated rings. The zero-order valence-electron chi connectivity index (χ0n) is 23.9. The molecule has 0 aliphatic heterocycles. The molecule has 1 N–H and O–H groups in total. The molecule has 0 saturated heterocycles. The van der Waals surface area contributed by atoms with Gasteiger partial charge in [-0.1, -0.05) is 77.6 Å². The van der Waals surface area contributed by atoms with Crippen LogP contribution >= 0.6 is 0 Å². The zero-order chi connectivity index (χ0) is 26.7. The highest BCUT2D eigenvalue weighted by Gasteiger charge is 2.08. The van der Waals surface area contributed by atoms with Crippen molar-refractivity contribution in [1.82, 2.24) is 15.1 Å². The van der Waals surface area contributed by atoms with Crippen LogP contribution in [0, 0.1) is 0 Å². The van der Waals surface area contributed by atoms with E-state index >= 15 is 0 Å². The number of nitrogens with one attached hydrogen (secondary N) is 1. The van der Waals surface area contributed by atoms with Crippen molar-refractivity contribution < 1.29 is 23.7 Å². The normalized spacial score (nSPS) is 11.3.